The van der Waals surface area contributed by atoms with Crippen LogP contribution < -0.4 is 10.6 Å². The van der Waals surface area contributed by atoms with Gasteiger partial charge in [-0.25, -0.2) is 0 Å². The maximum atomic E-state index is 11.8. The van der Waals surface area contributed by atoms with Crippen molar-refractivity contribution in [1.82, 2.24) is 10.6 Å². The van der Waals surface area contributed by atoms with Crippen molar-refractivity contribution >= 4 is 33.5 Å². The Balaban J connectivity index is 2.35. The molecular weight excluding hydrogens is 392 g/mol. The minimum atomic E-state index is -1.40. The number of halogens is 1. The molecule has 0 spiro atoms. The highest BCUT2D eigenvalue weighted by Crippen LogP contribution is 2.19. The van der Waals surface area contributed by atoms with E-state index in [0.717, 1.165) is 10.0 Å². The highest BCUT2D eigenvalue weighted by atomic mass is 79.9. The number of aliphatic hydroxyl groups is 2. The van der Waals surface area contributed by atoms with Crippen LogP contribution >= 0.6 is 15.9 Å². The number of amides is 2. The Hall–Kier alpha value is -1.77. The van der Waals surface area contributed by atoms with Crippen molar-refractivity contribution in [3.63, 3.8) is 0 Å². The van der Waals surface area contributed by atoms with Gasteiger partial charge in [-0.2, -0.15) is 0 Å². The normalized spacial score (nSPS) is 12.4. The minimum Gasteiger partial charge on any atom is -0.396 e. The summed E-state index contributed by atoms with van der Waals surface area (Å²) >= 11 is 3.31. The van der Waals surface area contributed by atoms with Gasteiger partial charge in [-0.05, 0) is 17.7 Å². The lowest BCUT2D eigenvalue weighted by Crippen LogP contribution is -2.46. The van der Waals surface area contributed by atoms with Gasteiger partial charge in [-0.3, -0.25) is 14.4 Å². The highest BCUT2D eigenvalue weighted by molar-refractivity contribution is 9.10. The third-order valence-corrected chi connectivity index (χ3v) is 4.20. The number of Topliss-reactive ketones (excluding diaryl/α,β-unsaturated/α-hetero) is 1. The van der Waals surface area contributed by atoms with Crippen LogP contribution in [0.4, 0.5) is 0 Å². The van der Waals surface area contributed by atoms with E-state index >= 15 is 0 Å². The van der Waals surface area contributed by atoms with Crippen LogP contribution in [0, 0.1) is 5.41 Å². The summed E-state index contributed by atoms with van der Waals surface area (Å²) in [6.07, 6.45) is -1.58. The van der Waals surface area contributed by atoms with Crippen molar-refractivity contribution in [2.24, 2.45) is 5.41 Å². The highest BCUT2D eigenvalue weighted by Gasteiger charge is 2.32. The second-order valence-electron chi connectivity index (χ2n) is 6.32. The predicted octanol–water partition coefficient (Wildman–Crippen LogP) is 0.520. The fraction of sp³-hybridized carbons (Fsp3) is 0.471. The zero-order valence-corrected chi connectivity index (χ0v) is 15.8. The molecule has 1 aromatic carbocycles. The summed E-state index contributed by atoms with van der Waals surface area (Å²) in [4.78, 5) is 35.2. The van der Waals surface area contributed by atoms with Crippen LogP contribution in [0.25, 0.3) is 0 Å². The minimum absolute atomic E-state index is 0.0675. The molecule has 1 atom stereocenters. The molecule has 0 aliphatic rings. The summed E-state index contributed by atoms with van der Waals surface area (Å²) < 4.78 is 0.918. The first-order valence-electron chi connectivity index (χ1n) is 7.79. The molecule has 1 aromatic rings. The first-order chi connectivity index (χ1) is 11.7. The molecule has 0 aromatic heterocycles. The summed E-state index contributed by atoms with van der Waals surface area (Å²) in [5.41, 5.74) is -0.136. The number of rotatable bonds is 9. The van der Waals surface area contributed by atoms with Gasteiger partial charge in [-0.15, -0.1) is 0 Å². The molecule has 138 valence electrons. The number of hydrogen-bond acceptors (Lipinski definition) is 5. The lowest BCUT2D eigenvalue weighted by atomic mass is 9.87. The summed E-state index contributed by atoms with van der Waals surface area (Å²) in [5, 5.41) is 23.8. The molecule has 0 saturated carbocycles. The molecule has 4 N–H and O–H groups in total. The molecule has 8 heteroatoms. The van der Waals surface area contributed by atoms with Crippen LogP contribution in [0.2, 0.25) is 0 Å². The fourth-order valence-electron chi connectivity index (χ4n) is 1.83. The number of carbonyl (C=O) groups excluding carboxylic acids is 3. The fourth-order valence-corrected chi connectivity index (χ4v) is 2.10. The second-order valence-corrected chi connectivity index (χ2v) is 7.24. The number of carbonyl (C=O) groups is 3. The molecule has 2 amide bonds. The molecule has 0 saturated heterocycles. The van der Waals surface area contributed by atoms with Crippen molar-refractivity contribution in [1.29, 1.82) is 0 Å². The van der Waals surface area contributed by atoms with Crippen LogP contribution in [-0.4, -0.2) is 47.1 Å². The van der Waals surface area contributed by atoms with Crippen LogP contribution in [-0.2, 0) is 20.9 Å². The maximum Gasteiger partial charge on any atom is 0.287 e. The molecule has 0 bridgehead atoms. The van der Waals surface area contributed by atoms with Gasteiger partial charge in [0.2, 0.25) is 11.7 Å². The predicted molar refractivity (Wildman–Crippen MR) is 95.5 cm³/mol. The molecule has 1 rings (SSSR count). The van der Waals surface area contributed by atoms with E-state index in [1.165, 1.54) is 13.8 Å². The SMILES string of the molecule is CC(C)(CO)[C@@H](O)C(=O)NCCC(=O)C(=O)NCc1ccc(Br)cc1. The van der Waals surface area contributed by atoms with E-state index in [1.54, 1.807) is 0 Å². The van der Waals surface area contributed by atoms with E-state index in [2.05, 4.69) is 26.6 Å². The van der Waals surface area contributed by atoms with Gasteiger partial charge in [0.25, 0.3) is 5.91 Å². The van der Waals surface area contributed by atoms with E-state index < -0.39 is 29.1 Å². The van der Waals surface area contributed by atoms with Gasteiger partial charge in [0, 0.05) is 29.4 Å². The van der Waals surface area contributed by atoms with Crippen molar-refractivity contribution in [3.8, 4) is 0 Å². The molecule has 25 heavy (non-hydrogen) atoms. The van der Waals surface area contributed by atoms with Crippen molar-refractivity contribution in [2.75, 3.05) is 13.2 Å². The smallest absolute Gasteiger partial charge is 0.287 e. The van der Waals surface area contributed by atoms with E-state index in [1.807, 2.05) is 24.3 Å². The molecular formula is C17H23BrN2O5. The number of aliphatic hydroxyl groups excluding tert-OH is 2. The Bertz CT molecular complexity index is 616. The average molecular weight is 415 g/mol. The quantitative estimate of drug-likeness (QED) is 0.439. The second kappa shape index (κ2) is 9.65. The van der Waals surface area contributed by atoms with Gasteiger partial charge in [-0.1, -0.05) is 41.9 Å². The Kier molecular flexibility index (Phi) is 8.21. The molecule has 0 aliphatic heterocycles. The van der Waals surface area contributed by atoms with Crippen molar-refractivity contribution in [2.45, 2.75) is 32.9 Å². The molecule has 0 radical (unpaired) electrons. The van der Waals surface area contributed by atoms with E-state index in [-0.39, 0.29) is 26.1 Å². The van der Waals surface area contributed by atoms with Crippen molar-refractivity contribution in [3.05, 3.63) is 34.3 Å². The van der Waals surface area contributed by atoms with Gasteiger partial charge in [0.1, 0.15) is 6.10 Å². The van der Waals surface area contributed by atoms with Crippen molar-refractivity contribution < 1.29 is 24.6 Å². The first kappa shape index (κ1) is 21.3. The third-order valence-electron chi connectivity index (χ3n) is 3.67. The van der Waals surface area contributed by atoms with E-state index in [0.29, 0.717) is 0 Å². The monoisotopic (exact) mass is 414 g/mol. The Labute approximate surface area is 154 Å². The molecule has 0 fully saturated rings. The average Bonchev–Trinajstić information content (AvgIpc) is 2.59. The molecule has 7 nitrogen and oxygen atoms in total. The van der Waals surface area contributed by atoms with Gasteiger partial charge in [0.15, 0.2) is 0 Å². The van der Waals surface area contributed by atoms with Crippen LogP contribution in [0.1, 0.15) is 25.8 Å². The maximum absolute atomic E-state index is 11.8. The van der Waals surface area contributed by atoms with E-state index in [4.69, 9.17) is 5.11 Å². The number of ketones is 1. The number of hydrogen-bond donors (Lipinski definition) is 4. The van der Waals surface area contributed by atoms with Crippen LogP contribution in [0.5, 0.6) is 0 Å². The summed E-state index contributed by atoms with van der Waals surface area (Å²) in [6, 6.07) is 7.30. The third kappa shape index (κ3) is 6.93. The summed E-state index contributed by atoms with van der Waals surface area (Å²) in [6.45, 7) is 2.88. The standard InChI is InChI=1S/C17H23BrN2O5/c1-17(2,10-21)14(23)16(25)19-8-7-13(22)15(24)20-9-11-3-5-12(18)6-4-11/h3-6,14,21,23H,7-10H2,1-2H3,(H,19,25)(H,20,24)/t14-/m0/s1. The largest absolute Gasteiger partial charge is 0.396 e. The Morgan fingerprint density at radius 2 is 1.76 bits per heavy atom. The zero-order valence-electron chi connectivity index (χ0n) is 14.2. The zero-order chi connectivity index (χ0) is 19.0. The summed E-state index contributed by atoms with van der Waals surface area (Å²) in [5.74, 6) is -2.08. The van der Waals surface area contributed by atoms with Crippen LogP contribution in [0.3, 0.4) is 0 Å². The molecule has 0 unspecified atom stereocenters. The number of nitrogens with one attached hydrogen (secondary N) is 2. The Morgan fingerprint density at radius 3 is 2.32 bits per heavy atom. The van der Waals surface area contributed by atoms with Gasteiger partial charge >= 0.3 is 0 Å². The van der Waals surface area contributed by atoms with Crippen LogP contribution in [0.15, 0.2) is 28.7 Å². The summed E-state index contributed by atoms with van der Waals surface area (Å²) in [7, 11) is 0. The first-order valence-corrected chi connectivity index (χ1v) is 8.59. The topological polar surface area (TPSA) is 116 Å². The lowest BCUT2D eigenvalue weighted by Gasteiger charge is -2.27. The molecule has 0 aliphatic carbocycles. The molecule has 0 heterocycles. The van der Waals surface area contributed by atoms with Gasteiger partial charge in [0.05, 0.1) is 6.61 Å². The van der Waals surface area contributed by atoms with E-state index in [9.17, 15) is 19.5 Å². The Morgan fingerprint density at radius 1 is 1.16 bits per heavy atom. The van der Waals surface area contributed by atoms with Gasteiger partial charge < -0.3 is 20.8 Å². The number of benzene rings is 1. The lowest BCUT2D eigenvalue weighted by molar-refractivity contribution is -0.139.